The summed E-state index contributed by atoms with van der Waals surface area (Å²) >= 11 is 0. The number of amides is 1. The van der Waals surface area contributed by atoms with E-state index < -0.39 is 0 Å². The highest BCUT2D eigenvalue weighted by molar-refractivity contribution is 5.87. The molecule has 0 aliphatic carbocycles. The van der Waals surface area contributed by atoms with E-state index in [-0.39, 0.29) is 5.91 Å². The van der Waals surface area contributed by atoms with E-state index in [1.165, 1.54) is 6.92 Å². The van der Waals surface area contributed by atoms with Crippen molar-refractivity contribution >= 4 is 11.7 Å². The van der Waals surface area contributed by atoms with Crippen LogP contribution in [-0.4, -0.2) is 15.7 Å². The van der Waals surface area contributed by atoms with Gasteiger partial charge in [-0.05, 0) is 0 Å². The topological polar surface area (TPSA) is 46.9 Å². The highest BCUT2D eigenvalue weighted by Gasteiger charge is 1.95. The third-order valence-electron chi connectivity index (χ3n) is 1.02. The highest BCUT2D eigenvalue weighted by atomic mass is 16.1. The molecule has 1 aromatic rings. The fourth-order valence-electron chi connectivity index (χ4n) is 0.662. The Balaban J connectivity index is 2.67. The normalized spacial score (nSPS) is 9.40. The van der Waals surface area contributed by atoms with E-state index in [9.17, 15) is 4.79 Å². The number of nitrogens with zero attached hydrogens (tertiary/aromatic N) is 2. The highest BCUT2D eigenvalue weighted by Crippen LogP contribution is 1.99. The molecule has 1 aromatic heterocycles. The Morgan fingerprint density at radius 2 is 2.50 bits per heavy atom. The van der Waals surface area contributed by atoms with E-state index in [2.05, 4.69) is 10.4 Å². The molecule has 1 rings (SSSR count). The zero-order valence-corrected chi connectivity index (χ0v) is 5.96. The molecule has 1 amide bonds. The molecule has 1 heterocycles. The third-order valence-corrected chi connectivity index (χ3v) is 1.02. The Morgan fingerprint density at radius 1 is 1.80 bits per heavy atom. The van der Waals surface area contributed by atoms with E-state index in [1.54, 1.807) is 24.0 Å². The van der Waals surface area contributed by atoms with Gasteiger partial charge in [-0.3, -0.25) is 9.48 Å². The van der Waals surface area contributed by atoms with Gasteiger partial charge in [0, 0.05) is 26.2 Å². The van der Waals surface area contributed by atoms with Gasteiger partial charge in [-0.1, -0.05) is 0 Å². The Labute approximate surface area is 58.8 Å². The molecular weight excluding hydrogens is 130 g/mol. The van der Waals surface area contributed by atoms with Gasteiger partial charge < -0.3 is 5.32 Å². The van der Waals surface area contributed by atoms with Gasteiger partial charge in [-0.15, -0.1) is 0 Å². The molecule has 0 aromatic carbocycles. The number of carbonyl (C=O) groups is 1. The van der Waals surface area contributed by atoms with Crippen LogP contribution in [0, 0.1) is 0 Å². The zero-order chi connectivity index (χ0) is 7.56. The molecule has 10 heavy (non-hydrogen) atoms. The van der Waals surface area contributed by atoms with Crippen LogP contribution in [0.4, 0.5) is 5.82 Å². The van der Waals surface area contributed by atoms with Gasteiger partial charge in [-0.2, -0.15) is 5.10 Å². The van der Waals surface area contributed by atoms with Crippen LogP contribution in [0.1, 0.15) is 6.92 Å². The zero-order valence-electron chi connectivity index (χ0n) is 5.96. The Hall–Kier alpha value is -1.32. The lowest BCUT2D eigenvalue weighted by Gasteiger charge is -1.92. The number of hydrogen-bond donors (Lipinski definition) is 1. The lowest BCUT2D eigenvalue weighted by Crippen LogP contribution is -2.06. The van der Waals surface area contributed by atoms with Gasteiger partial charge in [-0.25, -0.2) is 0 Å². The summed E-state index contributed by atoms with van der Waals surface area (Å²) in [5, 5.41) is 6.49. The first-order valence-electron chi connectivity index (χ1n) is 2.96. The minimum atomic E-state index is -0.0984. The Bertz CT molecular complexity index is 241. The summed E-state index contributed by atoms with van der Waals surface area (Å²) in [6.07, 6.45) is 1.77. The summed E-state index contributed by atoms with van der Waals surface area (Å²) < 4.78 is 1.63. The van der Waals surface area contributed by atoms with E-state index in [1.807, 2.05) is 0 Å². The second kappa shape index (κ2) is 2.51. The summed E-state index contributed by atoms with van der Waals surface area (Å²) in [7, 11) is 1.80. The molecule has 0 radical (unpaired) electrons. The molecule has 4 nitrogen and oxygen atoms in total. The molecule has 54 valence electrons. The number of aryl methyl sites for hydroxylation is 1. The first-order chi connectivity index (χ1) is 4.68. The maximum atomic E-state index is 10.5. The van der Waals surface area contributed by atoms with Gasteiger partial charge in [0.2, 0.25) is 5.91 Å². The minimum Gasteiger partial charge on any atom is -0.309 e. The quantitative estimate of drug-likeness (QED) is 0.611. The summed E-state index contributed by atoms with van der Waals surface area (Å²) in [5.41, 5.74) is 0. The molecule has 0 fully saturated rings. The van der Waals surface area contributed by atoms with Gasteiger partial charge in [0.05, 0.1) is 0 Å². The van der Waals surface area contributed by atoms with Crippen LogP contribution in [0.3, 0.4) is 0 Å². The largest absolute Gasteiger partial charge is 0.309 e. The Morgan fingerprint density at radius 3 is 2.90 bits per heavy atom. The summed E-state index contributed by atoms with van der Waals surface area (Å²) in [6.45, 7) is 1.45. The summed E-state index contributed by atoms with van der Waals surface area (Å²) in [6, 6.07) is 1.74. The predicted molar refractivity (Wildman–Crippen MR) is 37.5 cm³/mol. The van der Waals surface area contributed by atoms with Crippen LogP contribution in [0.25, 0.3) is 0 Å². The standard InChI is InChI=1S/C6H9N3O/c1-5(10)7-6-3-4-9(2)8-6/h3-4H,1-2H3,(H,7,8,10). The van der Waals surface area contributed by atoms with Gasteiger partial charge in [0.25, 0.3) is 0 Å². The number of hydrogen-bond acceptors (Lipinski definition) is 2. The van der Waals surface area contributed by atoms with Crippen LogP contribution >= 0.6 is 0 Å². The fourth-order valence-corrected chi connectivity index (χ4v) is 0.662. The molecule has 4 heteroatoms. The van der Waals surface area contributed by atoms with Crippen molar-refractivity contribution in [1.29, 1.82) is 0 Å². The molecule has 0 atom stereocenters. The molecule has 1 N–H and O–H groups in total. The summed E-state index contributed by atoms with van der Waals surface area (Å²) in [4.78, 5) is 10.5. The number of carbonyl (C=O) groups excluding carboxylic acids is 1. The van der Waals surface area contributed by atoms with Crippen LogP contribution in [0.2, 0.25) is 0 Å². The van der Waals surface area contributed by atoms with Crippen molar-refractivity contribution in [3.8, 4) is 0 Å². The molecule has 0 aliphatic heterocycles. The molecule has 0 spiro atoms. The monoisotopic (exact) mass is 139 g/mol. The Kier molecular flexibility index (Phi) is 1.71. The lowest BCUT2D eigenvalue weighted by molar-refractivity contribution is -0.114. The van der Waals surface area contributed by atoms with E-state index in [4.69, 9.17) is 0 Å². The number of rotatable bonds is 1. The van der Waals surface area contributed by atoms with Crippen LogP contribution in [0.15, 0.2) is 12.3 Å². The van der Waals surface area contributed by atoms with Crippen molar-refractivity contribution < 1.29 is 4.79 Å². The maximum Gasteiger partial charge on any atom is 0.222 e. The van der Waals surface area contributed by atoms with E-state index >= 15 is 0 Å². The van der Waals surface area contributed by atoms with Crippen molar-refractivity contribution in [3.63, 3.8) is 0 Å². The second-order valence-corrected chi connectivity index (χ2v) is 2.06. The van der Waals surface area contributed by atoms with Gasteiger partial charge in [0.15, 0.2) is 5.82 Å². The molecule has 0 unspecified atom stereocenters. The second-order valence-electron chi connectivity index (χ2n) is 2.06. The van der Waals surface area contributed by atoms with Crippen molar-refractivity contribution in [2.24, 2.45) is 7.05 Å². The average molecular weight is 139 g/mol. The molecule has 0 saturated heterocycles. The lowest BCUT2D eigenvalue weighted by atomic mass is 10.6. The number of aromatic nitrogens is 2. The van der Waals surface area contributed by atoms with Crippen molar-refractivity contribution in [3.05, 3.63) is 12.3 Å². The maximum absolute atomic E-state index is 10.5. The molecule has 0 bridgehead atoms. The number of anilines is 1. The van der Waals surface area contributed by atoms with Gasteiger partial charge in [0.1, 0.15) is 0 Å². The first-order valence-corrected chi connectivity index (χ1v) is 2.96. The molecular formula is C6H9N3O. The van der Waals surface area contributed by atoms with Crippen molar-refractivity contribution in [2.75, 3.05) is 5.32 Å². The van der Waals surface area contributed by atoms with Gasteiger partial charge >= 0.3 is 0 Å². The smallest absolute Gasteiger partial charge is 0.222 e. The SMILES string of the molecule is CC(=O)Nc1ccn(C)n1. The molecule has 0 aliphatic rings. The summed E-state index contributed by atoms with van der Waals surface area (Å²) in [5.74, 6) is 0.494. The van der Waals surface area contributed by atoms with Crippen LogP contribution in [-0.2, 0) is 11.8 Å². The third kappa shape index (κ3) is 1.58. The predicted octanol–water partition coefficient (Wildman–Crippen LogP) is 0.378. The number of nitrogens with one attached hydrogen (secondary N) is 1. The van der Waals surface area contributed by atoms with Crippen LogP contribution < -0.4 is 5.32 Å². The minimum absolute atomic E-state index is 0.0984. The van der Waals surface area contributed by atoms with Crippen molar-refractivity contribution in [1.82, 2.24) is 9.78 Å². The van der Waals surface area contributed by atoms with Crippen molar-refractivity contribution in [2.45, 2.75) is 6.92 Å². The average Bonchev–Trinajstić information content (AvgIpc) is 2.13. The van der Waals surface area contributed by atoms with Crippen LogP contribution in [0.5, 0.6) is 0 Å². The first kappa shape index (κ1) is 6.80. The molecule has 0 saturated carbocycles. The fraction of sp³-hybridized carbons (Fsp3) is 0.333. The van der Waals surface area contributed by atoms with E-state index in [0.29, 0.717) is 5.82 Å². The van der Waals surface area contributed by atoms with E-state index in [0.717, 1.165) is 0 Å².